The van der Waals surface area contributed by atoms with Crippen LogP contribution in [0.1, 0.15) is 37.7 Å². The first kappa shape index (κ1) is 13.1. The van der Waals surface area contributed by atoms with Gasteiger partial charge in [-0.15, -0.1) is 11.6 Å². The van der Waals surface area contributed by atoms with Crippen molar-refractivity contribution in [2.45, 2.75) is 25.2 Å². The minimum absolute atomic E-state index is 0.0939. The van der Waals surface area contributed by atoms with Gasteiger partial charge in [0.1, 0.15) is 10.0 Å². The van der Waals surface area contributed by atoms with Crippen molar-refractivity contribution in [3.05, 3.63) is 64.5 Å². The molecule has 3 aromatic rings. The molecule has 1 aromatic heterocycles. The Morgan fingerprint density at radius 2 is 1.81 bits per heavy atom. The van der Waals surface area contributed by atoms with Crippen LogP contribution in [0.2, 0.25) is 0 Å². The van der Waals surface area contributed by atoms with Crippen LogP contribution in [0.25, 0.3) is 11.0 Å². The van der Waals surface area contributed by atoms with Crippen molar-refractivity contribution in [2.24, 2.45) is 0 Å². The Hall–Kier alpha value is -2.11. The standard InChI is InChI=1S/C21H13ClN2O2S/c22-21(19-18-17-12-7-27(12,17,18,19)21)20-23-11-6-5-10-13(14(11)24-20)16(26)9-4-2-1-3-8(9)15(10)25/h1-6,12,17-19H,7H2,(H,23,24). The van der Waals surface area contributed by atoms with Crippen molar-refractivity contribution in [2.75, 3.05) is 5.75 Å². The number of carbonyl (C=O) groups excluding carboxylic acids is 2. The summed E-state index contributed by atoms with van der Waals surface area (Å²) in [7, 11) is -1.77. The van der Waals surface area contributed by atoms with Crippen LogP contribution in [0.3, 0.4) is 0 Å². The topological polar surface area (TPSA) is 62.8 Å². The zero-order valence-corrected chi connectivity index (χ0v) is 15.6. The number of H-pyrrole nitrogens is 1. The fraction of sp³-hybridized carbons (Fsp3) is 0.286. The molecule has 5 fully saturated rings. The highest BCUT2D eigenvalue weighted by atomic mass is 35.5. The fourth-order valence-electron chi connectivity index (χ4n) is 8.24. The Labute approximate surface area is 157 Å². The second-order valence-corrected chi connectivity index (χ2v) is 17.7. The van der Waals surface area contributed by atoms with Gasteiger partial charge >= 0.3 is 0 Å². The van der Waals surface area contributed by atoms with Crippen molar-refractivity contribution in [1.82, 2.24) is 9.97 Å². The summed E-state index contributed by atoms with van der Waals surface area (Å²) >= 11 is 7.23. The predicted octanol–water partition coefficient (Wildman–Crippen LogP) is 3.15. The Morgan fingerprint density at radius 3 is 2.44 bits per heavy atom. The minimum atomic E-state index is -1.77. The molecule has 1 N–H and O–H groups in total. The van der Waals surface area contributed by atoms with Crippen molar-refractivity contribution < 1.29 is 9.59 Å². The monoisotopic (exact) mass is 392 g/mol. The average Bonchev–Trinajstić information content (AvgIpc) is 3.63. The summed E-state index contributed by atoms with van der Waals surface area (Å²) in [4.78, 5) is 34.4. The second-order valence-electron chi connectivity index (χ2n) is 9.47. The Kier molecular flexibility index (Phi) is 1.36. The molecule has 0 amide bonds. The summed E-state index contributed by atoms with van der Waals surface area (Å²) in [5.41, 5.74) is 3.32. The maximum Gasteiger partial charge on any atom is 0.196 e. The molecule has 0 bridgehead atoms. The van der Waals surface area contributed by atoms with E-state index in [9.17, 15) is 9.59 Å². The van der Waals surface area contributed by atoms with Gasteiger partial charge in [0.05, 0.1) is 16.6 Å². The smallest absolute Gasteiger partial charge is 0.196 e. The number of hydrogen-bond donors (Lipinski definition) is 1. The van der Waals surface area contributed by atoms with Gasteiger partial charge in [0.15, 0.2) is 11.6 Å². The molecule has 1 spiro atoms. The summed E-state index contributed by atoms with van der Waals surface area (Å²) in [6.07, 6.45) is 0. The number of nitrogens with one attached hydrogen (secondary N) is 1. The number of benzene rings is 2. The summed E-state index contributed by atoms with van der Waals surface area (Å²) in [5, 5.41) is 3.62. The van der Waals surface area contributed by atoms with Crippen LogP contribution in [0, 0.1) is 0 Å². The van der Waals surface area contributed by atoms with Gasteiger partial charge in [0.25, 0.3) is 0 Å². The van der Waals surface area contributed by atoms with E-state index >= 15 is 0 Å². The van der Waals surface area contributed by atoms with Crippen LogP contribution >= 0.6 is 19.9 Å². The highest BCUT2D eigenvalue weighted by molar-refractivity contribution is 8.94. The molecular weight excluding hydrogens is 380 g/mol. The number of imidazole rings is 1. The van der Waals surface area contributed by atoms with Gasteiger partial charge in [-0.05, 0) is 23.1 Å². The van der Waals surface area contributed by atoms with Gasteiger partial charge in [-0.2, -0.15) is 0 Å². The van der Waals surface area contributed by atoms with Crippen molar-refractivity contribution in [3.8, 4) is 0 Å². The second kappa shape index (κ2) is 2.80. The van der Waals surface area contributed by atoms with Crippen molar-refractivity contribution >= 4 is 42.5 Å². The third-order valence-corrected chi connectivity index (χ3v) is 22.2. The zero-order valence-electron chi connectivity index (χ0n) is 14.0. The molecule has 132 valence electrons. The lowest BCUT2D eigenvalue weighted by Crippen LogP contribution is -2.21. The first-order valence-corrected chi connectivity index (χ1v) is 12.7. The molecule has 0 saturated carbocycles. The normalized spacial score (nSPS) is 44.6. The third-order valence-electron chi connectivity index (χ3n) is 9.59. The van der Waals surface area contributed by atoms with Crippen molar-refractivity contribution in [1.29, 1.82) is 0 Å². The van der Waals surface area contributed by atoms with E-state index in [0.29, 0.717) is 33.0 Å². The van der Waals surface area contributed by atoms with Gasteiger partial charge in [0.2, 0.25) is 0 Å². The number of aromatic nitrogens is 2. The minimum Gasteiger partial charge on any atom is -0.339 e. The summed E-state index contributed by atoms with van der Waals surface area (Å²) in [6.45, 7) is 0. The molecule has 27 heavy (non-hydrogen) atoms. The van der Waals surface area contributed by atoms with Crippen LogP contribution in [0.15, 0.2) is 36.4 Å². The molecule has 5 atom stereocenters. The Balaban J connectivity index is 1.31. The molecule has 4 nitrogen and oxygen atoms in total. The molecule has 2 aromatic carbocycles. The summed E-state index contributed by atoms with van der Waals surface area (Å²) in [5.74, 6) is 2.07. The third kappa shape index (κ3) is 0.722. The SMILES string of the molecule is O=C1c2ccccc2C(=O)c2c1ccc1nc(C3(Cl)C4C5C6C7CS76543)[nH]c21. The highest BCUT2D eigenvalue weighted by Gasteiger charge is 3.46. The summed E-state index contributed by atoms with van der Waals surface area (Å²) < 4.78 is -0.231. The van der Waals surface area contributed by atoms with E-state index in [1.807, 2.05) is 6.07 Å². The van der Waals surface area contributed by atoms with Gasteiger partial charge in [-0.25, -0.2) is 13.3 Å². The van der Waals surface area contributed by atoms with Crippen LogP contribution in [0.4, 0.5) is 0 Å². The average molecular weight is 393 g/mol. The van der Waals surface area contributed by atoms with E-state index in [-0.39, 0.29) is 15.8 Å². The Bertz CT molecular complexity index is 1430. The van der Waals surface area contributed by atoms with Gasteiger partial charge in [0, 0.05) is 32.4 Å². The molecule has 1 aliphatic carbocycles. The lowest BCUT2D eigenvalue weighted by molar-refractivity contribution is 0.0980. The van der Waals surface area contributed by atoms with Gasteiger partial charge < -0.3 is 4.98 Å². The van der Waals surface area contributed by atoms with Crippen LogP contribution in [-0.2, 0) is 4.21 Å². The lowest BCUT2D eigenvalue weighted by atomic mass is 9.83. The molecule has 9 rings (SSSR count). The number of alkyl halides is 1. The van der Waals surface area contributed by atoms with Crippen LogP contribution in [-0.4, -0.2) is 48.3 Å². The molecular formula is C21H13ClN2O2S. The molecule has 5 unspecified atom stereocenters. The van der Waals surface area contributed by atoms with Gasteiger partial charge in [-0.3, -0.25) is 9.59 Å². The number of hydrogen-bond acceptors (Lipinski definition) is 3. The zero-order chi connectivity index (χ0) is 17.8. The lowest BCUT2D eigenvalue weighted by Gasteiger charge is -2.21. The van der Waals surface area contributed by atoms with E-state index in [1.165, 1.54) is 5.75 Å². The maximum absolute atomic E-state index is 13.2. The van der Waals surface area contributed by atoms with E-state index in [2.05, 4.69) is 4.98 Å². The molecule has 6 aliphatic rings. The first-order valence-electron chi connectivity index (χ1n) is 9.42. The first-order chi connectivity index (χ1) is 13.0. The number of fused-ring (bicyclic) bond motifs is 7. The van der Waals surface area contributed by atoms with E-state index < -0.39 is 8.29 Å². The predicted molar refractivity (Wildman–Crippen MR) is 105 cm³/mol. The molecule has 5 saturated heterocycles. The molecule has 6 heteroatoms. The van der Waals surface area contributed by atoms with E-state index in [1.54, 1.807) is 30.3 Å². The van der Waals surface area contributed by atoms with Crippen LogP contribution < -0.4 is 0 Å². The number of halogens is 1. The number of carbonyl (C=O) groups is 2. The highest BCUT2D eigenvalue weighted by Crippen LogP contribution is 3.64. The van der Waals surface area contributed by atoms with E-state index in [0.717, 1.165) is 27.1 Å². The Morgan fingerprint density at radius 1 is 1.04 bits per heavy atom. The fourth-order valence-corrected chi connectivity index (χ4v) is 25.0. The largest absolute Gasteiger partial charge is 0.339 e. The van der Waals surface area contributed by atoms with Gasteiger partial charge in [-0.1, -0.05) is 24.3 Å². The van der Waals surface area contributed by atoms with Crippen molar-refractivity contribution in [3.63, 3.8) is 0 Å². The number of rotatable bonds is 1. The van der Waals surface area contributed by atoms with E-state index in [4.69, 9.17) is 16.6 Å². The molecule has 0 radical (unpaired) electrons. The number of nitrogens with zero attached hydrogens (tertiary/aromatic N) is 1. The number of ketones is 2. The maximum atomic E-state index is 13.2. The number of aromatic amines is 1. The molecule has 6 heterocycles. The molecule has 5 aliphatic heterocycles. The van der Waals surface area contributed by atoms with Crippen LogP contribution in [0.5, 0.6) is 0 Å². The quantitative estimate of drug-likeness (QED) is 0.400. The summed E-state index contributed by atoms with van der Waals surface area (Å²) in [6, 6.07) is 10.7.